The van der Waals surface area contributed by atoms with E-state index in [1.807, 2.05) is 66.7 Å². The van der Waals surface area contributed by atoms with Gasteiger partial charge in [-0.25, -0.2) is 9.89 Å². The molecule has 0 saturated heterocycles. The molecule has 0 bridgehead atoms. The van der Waals surface area contributed by atoms with Gasteiger partial charge >= 0.3 is 5.69 Å². The molecule has 0 amide bonds. The Bertz CT molecular complexity index is 1390. The van der Waals surface area contributed by atoms with Gasteiger partial charge in [0.1, 0.15) is 11.4 Å². The summed E-state index contributed by atoms with van der Waals surface area (Å²) in [6.45, 7) is 0. The molecule has 4 aromatic carbocycles. The molecule has 5 rings (SSSR count). The fraction of sp³-hybridized carbons (Fsp3) is 0. The van der Waals surface area contributed by atoms with E-state index in [0.717, 1.165) is 33.4 Å². The number of hydrogen-bond acceptors (Lipinski definition) is 3. The van der Waals surface area contributed by atoms with Crippen LogP contribution in [-0.2, 0) is 0 Å². The summed E-state index contributed by atoms with van der Waals surface area (Å²) >= 11 is 0. The molecular weight excluding hydrogens is 382 g/mol. The molecule has 0 aliphatic heterocycles. The van der Waals surface area contributed by atoms with Crippen molar-refractivity contribution in [2.24, 2.45) is 0 Å². The molecule has 0 spiro atoms. The third-order valence-corrected chi connectivity index (χ3v) is 5.19. The quantitative estimate of drug-likeness (QED) is 0.412. The highest BCUT2D eigenvalue weighted by atomic mass is 16.1. The number of aromatic nitrogens is 3. The van der Waals surface area contributed by atoms with Gasteiger partial charge in [0.25, 0.3) is 0 Å². The van der Waals surface area contributed by atoms with Crippen LogP contribution >= 0.6 is 0 Å². The number of benzene rings is 4. The molecule has 0 aliphatic carbocycles. The van der Waals surface area contributed by atoms with Crippen LogP contribution in [0.2, 0.25) is 0 Å². The van der Waals surface area contributed by atoms with Crippen molar-refractivity contribution in [1.29, 1.82) is 0 Å². The van der Waals surface area contributed by atoms with Crippen LogP contribution in [0.3, 0.4) is 0 Å². The van der Waals surface area contributed by atoms with E-state index < -0.39 is 5.69 Å². The smallest absolute Gasteiger partial charge is 0.244 e. The van der Waals surface area contributed by atoms with Gasteiger partial charge in [0.15, 0.2) is 0 Å². The molecule has 4 nitrogen and oxygen atoms in total. The lowest BCUT2D eigenvalue weighted by Crippen LogP contribution is -2.14. The Hall–Kier alpha value is -4.31. The van der Waals surface area contributed by atoms with Gasteiger partial charge in [-0.3, -0.25) is 0 Å². The van der Waals surface area contributed by atoms with Gasteiger partial charge in [0.2, 0.25) is 0 Å². The first-order valence-corrected chi connectivity index (χ1v) is 10.1. The highest BCUT2D eigenvalue weighted by Crippen LogP contribution is 2.32. The maximum Gasteiger partial charge on any atom is 0.361 e. The number of rotatable bonds is 4. The van der Waals surface area contributed by atoms with Crippen molar-refractivity contribution >= 4 is 0 Å². The van der Waals surface area contributed by atoms with Crippen LogP contribution in [-0.4, -0.2) is 15.2 Å². The number of aromatic amines is 1. The number of nitrogens with one attached hydrogen (secondary N) is 1. The first-order chi connectivity index (χ1) is 15.3. The normalized spacial score (nSPS) is 10.7. The fourth-order valence-electron chi connectivity index (χ4n) is 3.69. The van der Waals surface area contributed by atoms with E-state index in [1.54, 1.807) is 0 Å². The third-order valence-electron chi connectivity index (χ3n) is 5.19. The Labute approximate surface area is 179 Å². The van der Waals surface area contributed by atoms with Crippen molar-refractivity contribution in [2.45, 2.75) is 0 Å². The molecule has 0 saturated carbocycles. The molecule has 4 heteroatoms. The molecule has 31 heavy (non-hydrogen) atoms. The summed E-state index contributed by atoms with van der Waals surface area (Å²) in [5.74, 6) is 0. The van der Waals surface area contributed by atoms with Gasteiger partial charge in [-0.15, -0.1) is 0 Å². The van der Waals surface area contributed by atoms with Gasteiger partial charge in [-0.2, -0.15) is 10.1 Å². The zero-order valence-corrected chi connectivity index (χ0v) is 16.7. The summed E-state index contributed by atoms with van der Waals surface area (Å²) in [5.41, 5.74) is 6.84. The predicted octanol–water partition coefficient (Wildman–Crippen LogP) is 5.83. The zero-order chi connectivity index (χ0) is 21.0. The maximum absolute atomic E-state index is 12.1. The van der Waals surface area contributed by atoms with E-state index >= 15 is 0 Å². The monoisotopic (exact) mass is 401 g/mol. The van der Waals surface area contributed by atoms with Crippen LogP contribution in [0.15, 0.2) is 114 Å². The predicted molar refractivity (Wildman–Crippen MR) is 124 cm³/mol. The number of H-pyrrole nitrogens is 1. The zero-order valence-electron chi connectivity index (χ0n) is 16.7. The first-order valence-electron chi connectivity index (χ1n) is 10.1. The Morgan fingerprint density at radius 1 is 0.484 bits per heavy atom. The van der Waals surface area contributed by atoms with E-state index in [1.165, 1.54) is 0 Å². The van der Waals surface area contributed by atoms with Gasteiger partial charge in [-0.05, 0) is 34.4 Å². The second-order valence-corrected chi connectivity index (χ2v) is 7.23. The summed E-state index contributed by atoms with van der Waals surface area (Å²) in [4.78, 5) is 16.3. The first kappa shape index (κ1) is 18.7. The van der Waals surface area contributed by atoms with Crippen molar-refractivity contribution in [3.8, 4) is 44.8 Å². The minimum atomic E-state index is -0.469. The van der Waals surface area contributed by atoms with Crippen LogP contribution in [0.25, 0.3) is 44.8 Å². The van der Waals surface area contributed by atoms with Crippen LogP contribution in [0.1, 0.15) is 0 Å². The lowest BCUT2D eigenvalue weighted by atomic mass is 9.97. The van der Waals surface area contributed by atoms with E-state index in [4.69, 9.17) is 0 Å². The highest BCUT2D eigenvalue weighted by Gasteiger charge is 2.14. The molecule has 1 aromatic heterocycles. The van der Waals surface area contributed by atoms with E-state index in [2.05, 4.69) is 57.6 Å². The van der Waals surface area contributed by atoms with Gasteiger partial charge < -0.3 is 0 Å². The average Bonchev–Trinajstić information content (AvgIpc) is 2.85. The summed E-state index contributed by atoms with van der Waals surface area (Å²) in [7, 11) is 0. The van der Waals surface area contributed by atoms with Crippen molar-refractivity contribution in [2.75, 3.05) is 0 Å². The molecular formula is C27H19N3O. The Morgan fingerprint density at radius 2 is 0.935 bits per heavy atom. The second-order valence-electron chi connectivity index (χ2n) is 7.23. The van der Waals surface area contributed by atoms with Crippen molar-refractivity contribution < 1.29 is 0 Å². The Balaban J connectivity index is 1.64. The number of hydrogen-bond donors (Lipinski definition) is 1. The molecule has 1 N–H and O–H groups in total. The molecule has 0 unspecified atom stereocenters. The summed E-state index contributed by atoms with van der Waals surface area (Å²) in [5, 5.41) is 6.86. The van der Waals surface area contributed by atoms with Crippen LogP contribution < -0.4 is 5.69 Å². The lowest BCUT2D eigenvalue weighted by molar-refractivity contribution is 0.925. The fourth-order valence-corrected chi connectivity index (χ4v) is 3.69. The molecule has 1 heterocycles. The van der Waals surface area contributed by atoms with Gasteiger partial charge in [0.05, 0.1) is 0 Å². The van der Waals surface area contributed by atoms with Crippen LogP contribution in [0, 0.1) is 0 Å². The maximum atomic E-state index is 12.1. The van der Waals surface area contributed by atoms with Crippen molar-refractivity contribution in [1.82, 2.24) is 15.2 Å². The lowest BCUT2D eigenvalue weighted by Gasteiger charge is -2.10. The van der Waals surface area contributed by atoms with Crippen LogP contribution in [0.4, 0.5) is 0 Å². The molecule has 0 aliphatic rings. The van der Waals surface area contributed by atoms with Gasteiger partial charge in [-0.1, -0.05) is 97.1 Å². The standard InChI is InChI=1S/C27H19N3O/c31-27-28-25(23-15-7-13-21(17-23)19-9-3-1-4-10-19)26(29-30-27)24-16-8-14-22(18-24)20-11-5-2-6-12-20/h1-18H,(H,28,30,31). The largest absolute Gasteiger partial charge is 0.361 e. The second kappa shape index (κ2) is 8.20. The van der Waals surface area contributed by atoms with Crippen LogP contribution in [0.5, 0.6) is 0 Å². The van der Waals surface area contributed by atoms with E-state index in [0.29, 0.717) is 11.4 Å². The van der Waals surface area contributed by atoms with Gasteiger partial charge in [0, 0.05) is 11.1 Å². The Kier molecular flexibility index (Phi) is 4.95. The topological polar surface area (TPSA) is 58.6 Å². The molecule has 0 fully saturated rings. The Morgan fingerprint density at radius 3 is 1.48 bits per heavy atom. The summed E-state index contributed by atoms with van der Waals surface area (Å²) in [6.07, 6.45) is 0. The summed E-state index contributed by atoms with van der Waals surface area (Å²) < 4.78 is 0. The molecule has 5 aromatic rings. The highest BCUT2D eigenvalue weighted by molar-refractivity contribution is 5.82. The summed E-state index contributed by atoms with van der Waals surface area (Å²) in [6, 6.07) is 36.5. The van der Waals surface area contributed by atoms with Crippen molar-refractivity contribution in [3.63, 3.8) is 0 Å². The molecule has 148 valence electrons. The van der Waals surface area contributed by atoms with Crippen molar-refractivity contribution in [3.05, 3.63) is 120 Å². The van der Waals surface area contributed by atoms with E-state index in [9.17, 15) is 4.79 Å². The third kappa shape index (κ3) is 3.91. The minimum absolute atomic E-state index is 0.469. The molecule has 0 atom stereocenters. The number of nitrogens with zero attached hydrogens (tertiary/aromatic N) is 2. The molecule has 0 radical (unpaired) electrons. The average molecular weight is 401 g/mol. The van der Waals surface area contributed by atoms with E-state index in [-0.39, 0.29) is 0 Å². The SMILES string of the molecule is O=c1nc(-c2cccc(-c3ccccc3)c2)c(-c2cccc(-c3ccccc3)c2)n[nH]1. The minimum Gasteiger partial charge on any atom is -0.244 e.